The van der Waals surface area contributed by atoms with Crippen LogP contribution in [-0.4, -0.2) is 65.0 Å². The topological polar surface area (TPSA) is 116 Å². The monoisotopic (exact) mass is 585 g/mol. The zero-order chi connectivity index (χ0) is 30.4. The first kappa shape index (κ1) is 28.4. The minimum absolute atomic E-state index is 0.0156. The van der Waals surface area contributed by atoms with Crippen LogP contribution in [-0.2, 0) is 0 Å². The average molecular weight is 586 g/mol. The number of terminal acetylenes is 1. The molecule has 3 aliphatic heterocycles. The van der Waals surface area contributed by atoms with Crippen molar-refractivity contribution in [2.75, 3.05) is 31.6 Å². The van der Waals surface area contributed by atoms with Crippen LogP contribution in [0.15, 0.2) is 33.5 Å². The van der Waals surface area contributed by atoms with Gasteiger partial charge in [-0.25, -0.2) is 13.6 Å². The molecule has 0 spiro atoms. The molecule has 3 atom stereocenters. The summed E-state index contributed by atoms with van der Waals surface area (Å²) in [6, 6.07) is 7.88. The van der Waals surface area contributed by atoms with Gasteiger partial charge < -0.3 is 19.2 Å². The maximum atomic E-state index is 14.5. The van der Waals surface area contributed by atoms with E-state index in [0.717, 1.165) is 13.0 Å². The fourth-order valence-corrected chi connectivity index (χ4v) is 6.32. The molecule has 3 fully saturated rings. The Morgan fingerprint density at radius 3 is 2.70 bits per heavy atom. The fourth-order valence-electron chi connectivity index (χ4n) is 6.32. The predicted molar refractivity (Wildman–Crippen MR) is 157 cm³/mol. The molecule has 1 N–H and O–H groups in total. The average Bonchev–Trinajstić information content (AvgIpc) is 3.55. The number of aromatic nitrogens is 2. The lowest BCUT2D eigenvalue weighted by Gasteiger charge is -2.37. The van der Waals surface area contributed by atoms with Crippen molar-refractivity contribution in [3.63, 3.8) is 0 Å². The number of anilines is 1. The Labute approximate surface area is 246 Å². The number of phenolic OH excluding ortho intramolecular Hbond substituents is 1. The molecule has 0 amide bonds. The molecule has 43 heavy (non-hydrogen) atoms. The number of fused-ring (bicyclic) bond motifs is 3. The van der Waals surface area contributed by atoms with Crippen molar-refractivity contribution in [2.24, 2.45) is 0 Å². The van der Waals surface area contributed by atoms with Crippen LogP contribution in [0.25, 0.3) is 33.0 Å². The molecule has 0 bridgehead atoms. The molecule has 3 saturated heterocycles. The Morgan fingerprint density at radius 1 is 1.21 bits per heavy atom. The van der Waals surface area contributed by atoms with E-state index in [-0.39, 0.29) is 45.4 Å². The van der Waals surface area contributed by atoms with E-state index in [1.807, 2.05) is 0 Å². The third kappa shape index (κ3) is 4.90. The van der Waals surface area contributed by atoms with Crippen molar-refractivity contribution in [1.82, 2.24) is 14.9 Å². The van der Waals surface area contributed by atoms with Crippen molar-refractivity contribution in [3.8, 4) is 41.5 Å². The van der Waals surface area contributed by atoms with Gasteiger partial charge in [0.05, 0.1) is 24.3 Å². The zero-order valence-electron chi connectivity index (χ0n) is 23.7. The molecular weight excluding hydrogens is 556 g/mol. The van der Waals surface area contributed by atoms with Crippen LogP contribution >= 0.6 is 0 Å². The molecule has 3 unspecified atom stereocenters. The molecule has 2 aromatic carbocycles. The number of aryl methyl sites for hydroxylation is 1. The summed E-state index contributed by atoms with van der Waals surface area (Å²) in [6.45, 7) is 4.07. The second-order valence-electron chi connectivity index (χ2n) is 11.0. The summed E-state index contributed by atoms with van der Waals surface area (Å²) in [5, 5.41) is 20.6. The molecular formula is C32H29F2N5O4. The lowest BCUT2D eigenvalue weighted by atomic mass is 9.95. The Hall–Kier alpha value is -4.74. The number of hydrogen-bond donors (Lipinski definition) is 1. The predicted octanol–water partition coefficient (Wildman–Crippen LogP) is 4.84. The second-order valence-corrected chi connectivity index (χ2v) is 11.0. The minimum Gasteiger partial charge on any atom is -0.508 e. The number of nitrogens with zero attached hydrogens (tertiary/aromatic N) is 5. The van der Waals surface area contributed by atoms with Gasteiger partial charge in [0.25, 0.3) is 0 Å². The second kappa shape index (κ2) is 11.2. The maximum Gasteiger partial charge on any atom is 0.349 e. The third-order valence-corrected chi connectivity index (χ3v) is 8.49. The Bertz CT molecular complexity index is 1880. The quantitative estimate of drug-likeness (QED) is 0.337. The molecule has 0 aliphatic carbocycles. The molecule has 3 aliphatic rings. The van der Waals surface area contributed by atoms with Crippen LogP contribution in [0.4, 0.5) is 14.6 Å². The van der Waals surface area contributed by atoms with Crippen molar-refractivity contribution >= 4 is 27.5 Å². The van der Waals surface area contributed by atoms with E-state index < -0.39 is 23.7 Å². The normalized spacial score (nSPS) is 21.1. The highest BCUT2D eigenvalue weighted by Crippen LogP contribution is 2.40. The molecule has 2 aromatic heterocycles. The van der Waals surface area contributed by atoms with E-state index in [2.05, 4.69) is 26.9 Å². The van der Waals surface area contributed by atoms with Crippen molar-refractivity contribution in [3.05, 3.63) is 51.6 Å². The first-order chi connectivity index (χ1) is 20.7. The van der Waals surface area contributed by atoms with Gasteiger partial charge in [-0.3, -0.25) is 4.90 Å². The summed E-state index contributed by atoms with van der Waals surface area (Å²) in [6.07, 6.45) is 9.04. The van der Waals surface area contributed by atoms with Gasteiger partial charge in [0, 0.05) is 35.6 Å². The van der Waals surface area contributed by atoms with E-state index in [1.54, 1.807) is 11.8 Å². The molecule has 0 saturated carbocycles. The van der Waals surface area contributed by atoms with E-state index in [1.165, 1.54) is 44.2 Å². The van der Waals surface area contributed by atoms with Crippen LogP contribution < -0.4 is 15.3 Å². The highest BCUT2D eigenvalue weighted by atomic mass is 19.1. The van der Waals surface area contributed by atoms with E-state index in [9.17, 15) is 23.9 Å². The summed E-state index contributed by atoms with van der Waals surface area (Å²) in [7, 11) is 1.40. The van der Waals surface area contributed by atoms with Gasteiger partial charge in [-0.2, -0.15) is 15.2 Å². The maximum absolute atomic E-state index is 14.5. The number of rotatable bonds is 3. The summed E-state index contributed by atoms with van der Waals surface area (Å²) >= 11 is 0. The highest BCUT2D eigenvalue weighted by Gasteiger charge is 2.35. The van der Waals surface area contributed by atoms with Gasteiger partial charge in [-0.15, -0.1) is 6.42 Å². The number of aromatic hydroxyl groups is 1. The van der Waals surface area contributed by atoms with E-state index in [0.29, 0.717) is 41.9 Å². The highest BCUT2D eigenvalue weighted by molar-refractivity contribution is 6.03. The number of benzene rings is 2. The molecule has 0 radical (unpaired) electrons. The molecule has 5 heterocycles. The van der Waals surface area contributed by atoms with Gasteiger partial charge in [0.2, 0.25) is 0 Å². The van der Waals surface area contributed by atoms with Crippen molar-refractivity contribution in [2.45, 2.75) is 50.9 Å². The SMILES string of the molecule is C#Cc1c(F)ccc2cc(O)cc(-c3oc(=O)c4c(N5CCC5C#N)nc(OC)nc4c3C)c12.FC1CC2CCCN2C1. The smallest absolute Gasteiger partial charge is 0.349 e. The van der Waals surface area contributed by atoms with E-state index >= 15 is 0 Å². The standard InChI is InChI=1S/C25H17FN4O4.C7H12FN/c1-4-16-18(26)6-5-13-9-15(31)10-17(19(13)16)22-12(2)21-20(24(32)34-22)23(29-25(28-21)33-3)30-8-7-14(30)11-27;8-6-4-7-2-1-3-9(7)5-6/h1,5-6,9-10,14,31H,7-8H2,2-3H3;6-7H,1-5H2. The van der Waals surface area contributed by atoms with Crippen LogP contribution in [0.5, 0.6) is 11.8 Å². The van der Waals surface area contributed by atoms with Gasteiger partial charge in [0.15, 0.2) is 5.82 Å². The Morgan fingerprint density at radius 2 is 2.02 bits per heavy atom. The number of hydrogen-bond acceptors (Lipinski definition) is 9. The fraction of sp³-hybridized carbons (Fsp3) is 0.375. The van der Waals surface area contributed by atoms with Crippen LogP contribution in [0.1, 0.15) is 36.8 Å². The zero-order valence-corrected chi connectivity index (χ0v) is 23.7. The summed E-state index contributed by atoms with van der Waals surface area (Å²) in [5.41, 5.74) is 0.175. The molecule has 220 valence electrons. The van der Waals surface area contributed by atoms with Gasteiger partial charge >= 0.3 is 11.6 Å². The van der Waals surface area contributed by atoms with E-state index in [4.69, 9.17) is 15.6 Å². The first-order valence-electron chi connectivity index (χ1n) is 14.1. The van der Waals surface area contributed by atoms with Gasteiger partial charge in [-0.05, 0) is 62.7 Å². The van der Waals surface area contributed by atoms with Gasteiger partial charge in [-0.1, -0.05) is 12.0 Å². The molecule has 11 heteroatoms. The number of methoxy groups -OCH3 is 1. The number of ether oxygens (including phenoxy) is 1. The van der Waals surface area contributed by atoms with Gasteiger partial charge in [0.1, 0.15) is 34.9 Å². The number of nitriles is 1. The van der Waals surface area contributed by atoms with Crippen LogP contribution in [0.3, 0.4) is 0 Å². The Kier molecular flexibility index (Phi) is 7.37. The lowest BCUT2D eigenvalue weighted by molar-refractivity contribution is 0.292. The Balaban J connectivity index is 0.000000310. The molecule has 7 rings (SSSR count). The summed E-state index contributed by atoms with van der Waals surface area (Å²) in [4.78, 5) is 25.9. The number of alkyl halides is 1. The molecule has 4 aromatic rings. The largest absolute Gasteiger partial charge is 0.508 e. The lowest BCUT2D eigenvalue weighted by Crippen LogP contribution is -2.47. The summed E-state index contributed by atoms with van der Waals surface area (Å²) in [5.74, 6) is 1.94. The van der Waals surface area contributed by atoms with Crippen LogP contribution in [0, 0.1) is 36.4 Å². The van der Waals surface area contributed by atoms with Crippen molar-refractivity contribution < 1.29 is 23.0 Å². The van der Waals surface area contributed by atoms with Crippen molar-refractivity contribution in [1.29, 1.82) is 5.26 Å². The minimum atomic E-state index is -0.744. The summed E-state index contributed by atoms with van der Waals surface area (Å²) < 4.78 is 38.1. The molecule has 9 nitrogen and oxygen atoms in total. The van der Waals surface area contributed by atoms with Crippen LogP contribution in [0.2, 0.25) is 0 Å². The number of halogens is 2. The first-order valence-corrected chi connectivity index (χ1v) is 14.1. The number of phenols is 1. The third-order valence-electron chi connectivity index (χ3n) is 8.49.